The fourth-order valence-corrected chi connectivity index (χ4v) is 6.49. The van der Waals surface area contributed by atoms with Crippen molar-refractivity contribution in [2.45, 2.75) is 0 Å². The van der Waals surface area contributed by atoms with Crippen molar-refractivity contribution in [2.75, 3.05) is 0 Å². The summed E-state index contributed by atoms with van der Waals surface area (Å²) in [6.45, 7) is 0. The van der Waals surface area contributed by atoms with E-state index in [4.69, 9.17) is 24.4 Å². The van der Waals surface area contributed by atoms with Crippen LogP contribution < -0.4 is 0 Å². The fourth-order valence-electron chi connectivity index (χ4n) is 6.49. The van der Waals surface area contributed by atoms with Crippen molar-refractivity contribution < 1.29 is 4.42 Å². The van der Waals surface area contributed by atoms with E-state index in [1.165, 1.54) is 0 Å². The van der Waals surface area contributed by atoms with E-state index >= 15 is 0 Å². The van der Waals surface area contributed by atoms with Gasteiger partial charge in [0, 0.05) is 33.2 Å². The number of rotatable bonds is 6. The molecule has 49 heavy (non-hydrogen) atoms. The minimum absolute atomic E-state index is 0.559. The van der Waals surface area contributed by atoms with Crippen LogP contribution in [-0.4, -0.2) is 19.9 Å². The average Bonchev–Trinajstić information content (AvgIpc) is 3.64. The third-order valence-corrected chi connectivity index (χ3v) is 8.78. The number of benzene rings is 7. The molecule has 0 atom stereocenters. The number of oxazole rings is 1. The van der Waals surface area contributed by atoms with Gasteiger partial charge >= 0.3 is 0 Å². The minimum Gasteiger partial charge on any atom is -0.435 e. The Kier molecular flexibility index (Phi) is 7.06. The van der Waals surface area contributed by atoms with Crippen LogP contribution >= 0.6 is 0 Å². The Morgan fingerprint density at radius 2 is 0.878 bits per heavy atom. The Labute approximate surface area is 283 Å². The molecule has 0 radical (unpaired) electrons. The molecular weight excluding hydrogens is 601 g/mol. The lowest BCUT2D eigenvalue weighted by atomic mass is 9.90. The molecule has 0 amide bonds. The number of hydrogen-bond acceptors (Lipinski definition) is 5. The van der Waals surface area contributed by atoms with Crippen molar-refractivity contribution in [2.24, 2.45) is 0 Å². The maximum absolute atomic E-state index is 6.52. The predicted octanol–water partition coefficient (Wildman–Crippen LogP) is 11.2. The Hall–Kier alpha value is -6.72. The SMILES string of the molecule is c1ccc(-c2nc(-c3cccc(-c4ccccc4)c3-c3ccccc3)nc(-c3cccc4ccc5nc(-c6ccccc6)oc5c34)n2)cc1. The highest BCUT2D eigenvalue weighted by Gasteiger charge is 2.21. The molecule has 2 heterocycles. The van der Waals surface area contributed by atoms with Crippen molar-refractivity contribution >= 4 is 21.9 Å². The first-order chi connectivity index (χ1) is 24.3. The number of aromatic nitrogens is 4. The monoisotopic (exact) mass is 628 g/mol. The second-order valence-electron chi connectivity index (χ2n) is 11.8. The molecule has 0 saturated heterocycles. The van der Waals surface area contributed by atoms with Crippen LogP contribution in [0.2, 0.25) is 0 Å². The molecule has 2 aromatic heterocycles. The summed E-state index contributed by atoms with van der Waals surface area (Å²) < 4.78 is 6.52. The lowest BCUT2D eigenvalue weighted by molar-refractivity contribution is 0.623. The van der Waals surface area contributed by atoms with E-state index in [0.29, 0.717) is 28.9 Å². The lowest BCUT2D eigenvalue weighted by Crippen LogP contribution is -2.02. The highest BCUT2D eigenvalue weighted by Crippen LogP contribution is 2.41. The Morgan fingerprint density at radius 3 is 1.57 bits per heavy atom. The van der Waals surface area contributed by atoms with Crippen molar-refractivity contribution in [3.8, 4) is 67.9 Å². The van der Waals surface area contributed by atoms with Gasteiger partial charge in [0.1, 0.15) is 5.52 Å². The summed E-state index contributed by atoms with van der Waals surface area (Å²) in [5, 5.41) is 1.92. The Bertz CT molecular complexity index is 2580. The molecule has 0 unspecified atom stereocenters. The van der Waals surface area contributed by atoms with Crippen molar-refractivity contribution in [3.63, 3.8) is 0 Å². The maximum Gasteiger partial charge on any atom is 0.227 e. The smallest absolute Gasteiger partial charge is 0.227 e. The van der Waals surface area contributed by atoms with E-state index in [2.05, 4.69) is 84.9 Å². The van der Waals surface area contributed by atoms with Crippen LogP contribution in [0.15, 0.2) is 174 Å². The van der Waals surface area contributed by atoms with Gasteiger partial charge in [0.25, 0.3) is 0 Å². The molecule has 0 aliphatic rings. The van der Waals surface area contributed by atoms with Crippen molar-refractivity contribution in [3.05, 3.63) is 170 Å². The summed E-state index contributed by atoms with van der Waals surface area (Å²) in [5.41, 5.74) is 9.45. The van der Waals surface area contributed by atoms with Gasteiger partial charge in [-0.15, -0.1) is 0 Å². The van der Waals surface area contributed by atoms with Gasteiger partial charge in [0.2, 0.25) is 5.89 Å². The summed E-state index contributed by atoms with van der Waals surface area (Å²) in [5.74, 6) is 2.32. The molecule has 9 rings (SSSR count). The molecule has 9 aromatic rings. The number of nitrogens with zero attached hydrogens (tertiary/aromatic N) is 4. The van der Waals surface area contributed by atoms with Crippen molar-refractivity contribution in [1.29, 1.82) is 0 Å². The second kappa shape index (κ2) is 12.1. The normalized spacial score (nSPS) is 11.3. The molecule has 0 aliphatic carbocycles. The van der Waals surface area contributed by atoms with Crippen LogP contribution in [0.5, 0.6) is 0 Å². The quantitative estimate of drug-likeness (QED) is 0.183. The second-order valence-corrected chi connectivity index (χ2v) is 11.8. The van der Waals surface area contributed by atoms with Crippen LogP contribution in [0, 0.1) is 0 Å². The van der Waals surface area contributed by atoms with E-state index in [1.807, 2.05) is 84.9 Å². The van der Waals surface area contributed by atoms with Gasteiger partial charge in [-0.25, -0.2) is 19.9 Å². The molecule has 0 fully saturated rings. The van der Waals surface area contributed by atoms with Crippen LogP contribution in [0.4, 0.5) is 0 Å². The van der Waals surface area contributed by atoms with Gasteiger partial charge in [-0.05, 0) is 40.3 Å². The first-order valence-corrected chi connectivity index (χ1v) is 16.2. The summed E-state index contributed by atoms with van der Waals surface area (Å²) in [4.78, 5) is 20.4. The number of fused-ring (bicyclic) bond motifs is 3. The zero-order valence-electron chi connectivity index (χ0n) is 26.4. The highest BCUT2D eigenvalue weighted by atomic mass is 16.3. The molecule has 5 nitrogen and oxygen atoms in total. The van der Waals surface area contributed by atoms with Crippen molar-refractivity contribution in [1.82, 2.24) is 19.9 Å². The lowest BCUT2D eigenvalue weighted by Gasteiger charge is -2.16. The van der Waals surface area contributed by atoms with Crippen LogP contribution in [0.25, 0.3) is 89.7 Å². The van der Waals surface area contributed by atoms with Gasteiger partial charge in [0.15, 0.2) is 23.1 Å². The predicted molar refractivity (Wildman–Crippen MR) is 198 cm³/mol. The van der Waals surface area contributed by atoms with Gasteiger partial charge in [-0.1, -0.05) is 152 Å². The zero-order valence-corrected chi connectivity index (χ0v) is 26.4. The van der Waals surface area contributed by atoms with Gasteiger partial charge in [0.05, 0.1) is 0 Å². The largest absolute Gasteiger partial charge is 0.435 e. The molecule has 5 heteroatoms. The van der Waals surface area contributed by atoms with Crippen LogP contribution in [0.1, 0.15) is 0 Å². The first-order valence-electron chi connectivity index (χ1n) is 16.2. The summed E-state index contributed by atoms with van der Waals surface area (Å²) in [6.07, 6.45) is 0. The van der Waals surface area contributed by atoms with Crippen LogP contribution in [-0.2, 0) is 0 Å². The third-order valence-electron chi connectivity index (χ3n) is 8.78. The van der Waals surface area contributed by atoms with E-state index in [-0.39, 0.29) is 0 Å². The first kappa shape index (κ1) is 28.5. The highest BCUT2D eigenvalue weighted by molar-refractivity contribution is 6.10. The molecular formula is C44H28N4O. The molecule has 0 aliphatic heterocycles. The van der Waals surface area contributed by atoms with Gasteiger partial charge < -0.3 is 4.42 Å². The Morgan fingerprint density at radius 1 is 0.347 bits per heavy atom. The summed E-state index contributed by atoms with van der Waals surface area (Å²) in [7, 11) is 0. The average molecular weight is 629 g/mol. The molecule has 230 valence electrons. The standard InChI is InChI=1S/C44H28N4O/c1-5-15-29(16-6-1)34-24-14-26-35(38(34)30-17-7-2-8-18-30)42-46-41(32-19-9-3-10-20-32)47-43(48-42)36-25-13-23-31-27-28-37-40(39(31)36)49-44(45-37)33-21-11-4-12-22-33/h1-28H. The maximum atomic E-state index is 6.52. The molecule has 0 bridgehead atoms. The van der Waals surface area contributed by atoms with Crippen LogP contribution in [0.3, 0.4) is 0 Å². The molecule has 0 N–H and O–H groups in total. The number of hydrogen-bond donors (Lipinski definition) is 0. The summed E-state index contributed by atoms with van der Waals surface area (Å²) in [6, 6.07) is 57.6. The fraction of sp³-hybridized carbons (Fsp3) is 0. The van der Waals surface area contributed by atoms with E-state index < -0.39 is 0 Å². The summed E-state index contributed by atoms with van der Waals surface area (Å²) >= 11 is 0. The Balaban J connectivity index is 1.32. The van der Waals surface area contributed by atoms with Gasteiger partial charge in [-0.3, -0.25) is 0 Å². The topological polar surface area (TPSA) is 64.7 Å². The molecule has 0 spiro atoms. The van der Waals surface area contributed by atoms with E-state index in [0.717, 1.165) is 60.8 Å². The minimum atomic E-state index is 0.559. The van der Waals surface area contributed by atoms with E-state index in [1.54, 1.807) is 0 Å². The van der Waals surface area contributed by atoms with Gasteiger partial charge in [-0.2, -0.15) is 0 Å². The molecule has 0 saturated carbocycles. The zero-order chi connectivity index (χ0) is 32.6. The molecule has 7 aromatic carbocycles. The third kappa shape index (κ3) is 5.24. The van der Waals surface area contributed by atoms with E-state index in [9.17, 15) is 0 Å².